The summed E-state index contributed by atoms with van der Waals surface area (Å²) in [7, 11) is 3.46. The first-order valence-electron chi connectivity index (χ1n) is 14.7. The summed E-state index contributed by atoms with van der Waals surface area (Å²) < 4.78 is 0. The Hall–Kier alpha value is -5.09. The summed E-state index contributed by atoms with van der Waals surface area (Å²) in [5.41, 5.74) is 5.51. The highest BCUT2D eigenvalue weighted by atomic mass is 16.2. The summed E-state index contributed by atoms with van der Waals surface area (Å²) in [5.74, 6) is 0.544. The van der Waals surface area contributed by atoms with Crippen LogP contribution in [-0.4, -0.2) is 59.8 Å². The van der Waals surface area contributed by atoms with Crippen LogP contribution in [0, 0.1) is 5.92 Å². The van der Waals surface area contributed by atoms with Gasteiger partial charge in [0.15, 0.2) is 0 Å². The van der Waals surface area contributed by atoms with E-state index < -0.39 is 0 Å². The third-order valence-electron chi connectivity index (χ3n) is 7.47. The molecule has 3 amide bonds. The van der Waals surface area contributed by atoms with E-state index in [9.17, 15) is 14.4 Å². The Morgan fingerprint density at radius 1 is 0.841 bits per heavy atom. The van der Waals surface area contributed by atoms with Crippen LogP contribution in [0.25, 0.3) is 11.1 Å². The summed E-state index contributed by atoms with van der Waals surface area (Å²) in [6.07, 6.45) is 7.54. The predicted molar refractivity (Wildman–Crippen MR) is 173 cm³/mol. The van der Waals surface area contributed by atoms with Crippen molar-refractivity contribution in [1.29, 1.82) is 0 Å². The van der Waals surface area contributed by atoms with E-state index in [1.54, 1.807) is 43.7 Å². The van der Waals surface area contributed by atoms with Gasteiger partial charge in [0.25, 0.3) is 5.91 Å². The Balaban J connectivity index is 1.12. The molecule has 0 saturated carbocycles. The second-order valence-electron chi connectivity index (χ2n) is 11.1. The van der Waals surface area contributed by atoms with Gasteiger partial charge in [0.2, 0.25) is 11.8 Å². The Morgan fingerprint density at radius 3 is 2.32 bits per heavy atom. The third kappa shape index (κ3) is 8.26. The van der Waals surface area contributed by atoms with Crippen molar-refractivity contribution in [3.05, 3.63) is 96.4 Å². The van der Waals surface area contributed by atoms with Crippen LogP contribution in [-0.2, 0) is 16.0 Å². The second-order valence-corrected chi connectivity index (χ2v) is 11.1. The highest BCUT2D eigenvalue weighted by Gasteiger charge is 2.21. The SMILES string of the molecule is CN(C)C(=O)c1ccc(-c2ccc(Nc3cncc(NC(=O)CCc4cccc(NC(=O)C5CCNCC5)c4)c3)nc2)cc1. The topological polar surface area (TPSA) is 128 Å². The lowest BCUT2D eigenvalue weighted by Crippen LogP contribution is -2.34. The monoisotopic (exact) mass is 591 g/mol. The number of amides is 3. The maximum Gasteiger partial charge on any atom is 0.253 e. The maximum atomic E-state index is 12.7. The summed E-state index contributed by atoms with van der Waals surface area (Å²) in [6, 6.07) is 20.7. The minimum atomic E-state index is -0.131. The zero-order valence-corrected chi connectivity index (χ0v) is 25.0. The number of nitrogens with zero attached hydrogens (tertiary/aromatic N) is 3. The van der Waals surface area contributed by atoms with Gasteiger partial charge in [0, 0.05) is 49.4 Å². The molecule has 5 rings (SSSR count). The van der Waals surface area contributed by atoms with Gasteiger partial charge in [0.1, 0.15) is 5.82 Å². The number of benzene rings is 2. The van der Waals surface area contributed by atoms with E-state index in [-0.39, 0.29) is 30.1 Å². The molecule has 1 saturated heterocycles. The van der Waals surface area contributed by atoms with Crippen LogP contribution < -0.4 is 21.3 Å². The average molecular weight is 592 g/mol. The standard InChI is InChI=1S/C34H37N7O3/c1-41(2)34(44)26-9-7-24(8-10-26)27-11-12-31(37-20-27)38-29-19-30(22-36-21-29)39-32(42)13-6-23-4-3-5-28(18-23)40-33(43)25-14-16-35-17-15-25/h3-5,7-12,18-22,25,35H,6,13-17H2,1-2H3,(H,37,38)(H,39,42)(H,40,43). The van der Waals surface area contributed by atoms with Crippen LogP contribution in [0.15, 0.2) is 85.3 Å². The van der Waals surface area contributed by atoms with Crippen molar-refractivity contribution < 1.29 is 14.4 Å². The average Bonchev–Trinajstić information content (AvgIpc) is 3.04. The van der Waals surface area contributed by atoms with E-state index >= 15 is 0 Å². The lowest BCUT2D eigenvalue weighted by molar-refractivity contribution is -0.120. The van der Waals surface area contributed by atoms with Crippen LogP contribution in [0.5, 0.6) is 0 Å². The van der Waals surface area contributed by atoms with Gasteiger partial charge in [-0.2, -0.15) is 0 Å². The Labute approximate surface area is 257 Å². The normalized spacial score (nSPS) is 13.1. The molecule has 1 fully saturated rings. The summed E-state index contributed by atoms with van der Waals surface area (Å²) >= 11 is 0. The van der Waals surface area contributed by atoms with Crippen LogP contribution in [0.2, 0.25) is 0 Å². The van der Waals surface area contributed by atoms with Gasteiger partial charge in [0.05, 0.1) is 23.8 Å². The number of hydrogen-bond donors (Lipinski definition) is 4. The predicted octanol–water partition coefficient (Wildman–Crippen LogP) is 5.10. The van der Waals surface area contributed by atoms with Gasteiger partial charge in [-0.3, -0.25) is 19.4 Å². The van der Waals surface area contributed by atoms with Crippen molar-refractivity contribution in [1.82, 2.24) is 20.2 Å². The minimum absolute atomic E-state index is 0.0323. The van der Waals surface area contributed by atoms with Gasteiger partial charge in [-0.05, 0) is 85.9 Å². The molecule has 2 aromatic carbocycles. The first-order valence-corrected chi connectivity index (χ1v) is 14.7. The molecule has 0 unspecified atom stereocenters. The molecule has 0 aliphatic carbocycles. The minimum Gasteiger partial charge on any atom is -0.345 e. The van der Waals surface area contributed by atoms with Crippen molar-refractivity contribution >= 4 is 40.6 Å². The number of aromatic nitrogens is 2. The van der Waals surface area contributed by atoms with Crippen molar-refractivity contribution in [2.24, 2.45) is 5.92 Å². The first-order chi connectivity index (χ1) is 21.3. The highest BCUT2D eigenvalue weighted by Crippen LogP contribution is 2.23. The van der Waals surface area contributed by atoms with E-state index in [0.717, 1.165) is 48.3 Å². The molecule has 226 valence electrons. The number of anilines is 4. The van der Waals surface area contributed by atoms with Crippen molar-refractivity contribution in [2.45, 2.75) is 25.7 Å². The maximum absolute atomic E-state index is 12.7. The number of carbonyl (C=O) groups is 3. The number of rotatable bonds is 10. The molecule has 0 radical (unpaired) electrons. The van der Waals surface area contributed by atoms with Gasteiger partial charge < -0.3 is 26.2 Å². The van der Waals surface area contributed by atoms with Crippen LogP contribution in [0.1, 0.15) is 35.2 Å². The van der Waals surface area contributed by atoms with Crippen LogP contribution >= 0.6 is 0 Å². The molecule has 4 N–H and O–H groups in total. The van der Waals surface area contributed by atoms with E-state index in [4.69, 9.17) is 0 Å². The molecule has 2 aromatic heterocycles. The third-order valence-corrected chi connectivity index (χ3v) is 7.47. The smallest absolute Gasteiger partial charge is 0.253 e. The largest absolute Gasteiger partial charge is 0.345 e. The zero-order chi connectivity index (χ0) is 30.9. The summed E-state index contributed by atoms with van der Waals surface area (Å²) in [4.78, 5) is 47.7. The number of piperidine rings is 1. The van der Waals surface area contributed by atoms with Crippen molar-refractivity contribution in [3.63, 3.8) is 0 Å². The Bertz CT molecular complexity index is 1600. The highest BCUT2D eigenvalue weighted by molar-refractivity contribution is 5.94. The fourth-order valence-electron chi connectivity index (χ4n) is 5.04. The molecular weight excluding hydrogens is 554 g/mol. The van der Waals surface area contributed by atoms with Crippen LogP contribution in [0.3, 0.4) is 0 Å². The number of nitrogens with one attached hydrogen (secondary N) is 4. The zero-order valence-electron chi connectivity index (χ0n) is 25.0. The molecular formula is C34H37N7O3. The van der Waals surface area contributed by atoms with E-state index in [0.29, 0.717) is 29.2 Å². The van der Waals surface area contributed by atoms with E-state index in [1.165, 1.54) is 0 Å². The fourth-order valence-corrected chi connectivity index (χ4v) is 5.04. The molecule has 0 spiro atoms. The molecule has 0 bridgehead atoms. The molecule has 44 heavy (non-hydrogen) atoms. The quantitative estimate of drug-likeness (QED) is 0.202. The van der Waals surface area contributed by atoms with Gasteiger partial charge in [-0.1, -0.05) is 24.3 Å². The fraction of sp³-hybridized carbons (Fsp3) is 0.265. The first kappa shape index (κ1) is 30.4. The second kappa shape index (κ2) is 14.4. The van der Waals surface area contributed by atoms with Crippen molar-refractivity contribution in [3.8, 4) is 11.1 Å². The Kier molecular flexibility index (Phi) is 9.93. The van der Waals surface area contributed by atoms with E-state index in [2.05, 4.69) is 31.2 Å². The van der Waals surface area contributed by atoms with E-state index in [1.807, 2.05) is 60.7 Å². The van der Waals surface area contributed by atoms with Gasteiger partial charge in [-0.25, -0.2) is 4.98 Å². The molecule has 3 heterocycles. The molecule has 1 aliphatic heterocycles. The molecule has 10 nitrogen and oxygen atoms in total. The molecule has 0 atom stereocenters. The molecule has 1 aliphatic rings. The number of carbonyl (C=O) groups excluding carboxylic acids is 3. The van der Waals surface area contributed by atoms with Gasteiger partial charge >= 0.3 is 0 Å². The van der Waals surface area contributed by atoms with Crippen molar-refractivity contribution in [2.75, 3.05) is 43.1 Å². The Morgan fingerprint density at radius 2 is 1.59 bits per heavy atom. The summed E-state index contributed by atoms with van der Waals surface area (Å²) in [5, 5.41) is 12.4. The number of aryl methyl sites for hydroxylation is 1. The number of hydrogen-bond acceptors (Lipinski definition) is 7. The lowest BCUT2D eigenvalue weighted by atomic mass is 9.97. The van der Waals surface area contributed by atoms with Gasteiger partial charge in [-0.15, -0.1) is 0 Å². The molecule has 10 heteroatoms. The molecule has 4 aromatic rings. The summed E-state index contributed by atoms with van der Waals surface area (Å²) in [6.45, 7) is 1.73. The lowest BCUT2D eigenvalue weighted by Gasteiger charge is -2.21. The number of pyridine rings is 2. The van der Waals surface area contributed by atoms with Crippen LogP contribution in [0.4, 0.5) is 22.9 Å².